The molecule has 114 valence electrons. The van der Waals surface area contributed by atoms with Crippen LogP contribution in [0, 0.1) is 5.92 Å². The van der Waals surface area contributed by atoms with Crippen molar-refractivity contribution >= 4 is 11.7 Å². The molecule has 1 unspecified atom stereocenters. The van der Waals surface area contributed by atoms with Crippen LogP contribution in [0.2, 0.25) is 0 Å². The number of benzene rings is 1. The molecular weight excluding hydrogens is 274 g/mol. The summed E-state index contributed by atoms with van der Waals surface area (Å²) >= 11 is 0. The van der Waals surface area contributed by atoms with Crippen LogP contribution in [0.5, 0.6) is 0 Å². The van der Waals surface area contributed by atoms with E-state index < -0.39 is 0 Å². The summed E-state index contributed by atoms with van der Waals surface area (Å²) in [5, 5.41) is 2.95. The van der Waals surface area contributed by atoms with Crippen LogP contribution in [0.3, 0.4) is 0 Å². The van der Waals surface area contributed by atoms with Crippen LogP contribution in [0.25, 0.3) is 0 Å². The van der Waals surface area contributed by atoms with E-state index in [1.165, 1.54) is 12.8 Å². The third kappa shape index (κ3) is 3.64. The number of nitrogens with one attached hydrogen (secondary N) is 1. The second-order valence-corrected chi connectivity index (χ2v) is 5.86. The van der Waals surface area contributed by atoms with E-state index in [4.69, 9.17) is 0 Å². The molecule has 1 fully saturated rings. The van der Waals surface area contributed by atoms with Gasteiger partial charge in [0.25, 0.3) is 0 Å². The van der Waals surface area contributed by atoms with Crippen LogP contribution in [0.4, 0.5) is 10.5 Å². The Hall–Kier alpha value is -2.36. The van der Waals surface area contributed by atoms with Crippen molar-refractivity contribution in [2.45, 2.75) is 32.4 Å². The Morgan fingerprint density at radius 2 is 2.05 bits per heavy atom. The summed E-state index contributed by atoms with van der Waals surface area (Å²) in [5.74, 6) is 0.628. The topological polar surface area (TPSA) is 45.2 Å². The maximum absolute atomic E-state index is 12.7. The summed E-state index contributed by atoms with van der Waals surface area (Å²) in [6.45, 7) is 2.77. The predicted octanol–water partition coefficient (Wildman–Crippen LogP) is 3.91. The van der Waals surface area contributed by atoms with Crippen molar-refractivity contribution in [1.29, 1.82) is 0 Å². The highest BCUT2D eigenvalue weighted by atomic mass is 16.2. The van der Waals surface area contributed by atoms with E-state index in [1.54, 1.807) is 12.4 Å². The van der Waals surface area contributed by atoms with Crippen molar-refractivity contribution in [3.05, 3.63) is 60.4 Å². The molecule has 1 atom stereocenters. The summed E-state index contributed by atoms with van der Waals surface area (Å²) in [5.41, 5.74) is 1.88. The molecular formula is C18H21N3O. The van der Waals surface area contributed by atoms with Gasteiger partial charge in [-0.1, -0.05) is 30.3 Å². The Labute approximate surface area is 131 Å². The first-order valence-corrected chi connectivity index (χ1v) is 7.75. The molecule has 1 N–H and O–H groups in total. The molecule has 0 bridgehead atoms. The van der Waals surface area contributed by atoms with Crippen LogP contribution in [-0.4, -0.2) is 22.0 Å². The highest BCUT2D eigenvalue weighted by Gasteiger charge is 2.34. The second kappa shape index (κ2) is 6.60. The SMILES string of the molecule is CC(C1CC1)N(Cc1ccccc1)C(=O)Nc1cccnc1. The molecule has 22 heavy (non-hydrogen) atoms. The van der Waals surface area contributed by atoms with Gasteiger partial charge in [0.1, 0.15) is 0 Å². The first-order chi connectivity index (χ1) is 10.7. The summed E-state index contributed by atoms with van der Waals surface area (Å²) in [7, 11) is 0. The van der Waals surface area contributed by atoms with Gasteiger partial charge in [0, 0.05) is 18.8 Å². The molecule has 0 saturated heterocycles. The quantitative estimate of drug-likeness (QED) is 0.909. The third-order valence-corrected chi connectivity index (χ3v) is 4.17. The van der Waals surface area contributed by atoms with Gasteiger partial charge in [0.2, 0.25) is 0 Å². The maximum atomic E-state index is 12.7. The summed E-state index contributed by atoms with van der Waals surface area (Å²) in [4.78, 5) is 18.6. The van der Waals surface area contributed by atoms with E-state index in [2.05, 4.69) is 29.4 Å². The van der Waals surface area contributed by atoms with Gasteiger partial charge in [-0.3, -0.25) is 4.98 Å². The van der Waals surface area contributed by atoms with E-state index in [-0.39, 0.29) is 12.1 Å². The maximum Gasteiger partial charge on any atom is 0.322 e. The number of aromatic nitrogens is 1. The van der Waals surface area contributed by atoms with Crippen molar-refractivity contribution in [2.24, 2.45) is 5.92 Å². The zero-order valence-corrected chi connectivity index (χ0v) is 12.8. The fourth-order valence-electron chi connectivity index (χ4n) is 2.65. The number of carbonyl (C=O) groups is 1. The molecule has 2 aromatic rings. The van der Waals surface area contributed by atoms with Gasteiger partial charge in [0.05, 0.1) is 11.9 Å². The van der Waals surface area contributed by atoms with Crippen LogP contribution in [-0.2, 0) is 6.54 Å². The lowest BCUT2D eigenvalue weighted by Crippen LogP contribution is -2.42. The van der Waals surface area contributed by atoms with Gasteiger partial charge in [-0.05, 0) is 43.4 Å². The number of hydrogen-bond acceptors (Lipinski definition) is 2. The first kappa shape index (κ1) is 14.6. The smallest absolute Gasteiger partial charge is 0.317 e. The molecule has 4 nitrogen and oxygen atoms in total. The van der Waals surface area contributed by atoms with E-state index in [9.17, 15) is 4.79 Å². The Morgan fingerprint density at radius 3 is 2.68 bits per heavy atom. The summed E-state index contributed by atoms with van der Waals surface area (Å²) in [6, 6.07) is 14.0. The number of nitrogens with zero attached hydrogens (tertiary/aromatic N) is 2. The number of amides is 2. The van der Waals surface area contributed by atoms with Gasteiger partial charge < -0.3 is 10.2 Å². The molecule has 1 saturated carbocycles. The fourth-order valence-corrected chi connectivity index (χ4v) is 2.65. The molecule has 4 heteroatoms. The Kier molecular flexibility index (Phi) is 4.37. The molecule has 0 radical (unpaired) electrons. The Morgan fingerprint density at radius 1 is 1.27 bits per heavy atom. The number of anilines is 1. The second-order valence-electron chi connectivity index (χ2n) is 5.86. The van der Waals surface area contributed by atoms with Crippen molar-refractivity contribution in [2.75, 3.05) is 5.32 Å². The minimum Gasteiger partial charge on any atom is -0.317 e. The zero-order chi connectivity index (χ0) is 15.4. The minimum atomic E-state index is -0.0590. The molecule has 1 aliphatic carbocycles. The average Bonchev–Trinajstić information content (AvgIpc) is 3.39. The lowest BCUT2D eigenvalue weighted by atomic mass is 10.1. The number of urea groups is 1. The van der Waals surface area contributed by atoms with E-state index in [1.807, 2.05) is 35.2 Å². The lowest BCUT2D eigenvalue weighted by Gasteiger charge is -2.29. The average molecular weight is 295 g/mol. The Bertz CT molecular complexity index is 611. The van der Waals surface area contributed by atoms with Crippen molar-refractivity contribution in [1.82, 2.24) is 9.88 Å². The van der Waals surface area contributed by atoms with Crippen LogP contribution in [0.1, 0.15) is 25.3 Å². The molecule has 1 aromatic carbocycles. The van der Waals surface area contributed by atoms with Crippen molar-refractivity contribution in [3.8, 4) is 0 Å². The molecule has 1 aliphatic rings. The zero-order valence-electron chi connectivity index (χ0n) is 12.8. The van der Waals surface area contributed by atoms with E-state index in [0.717, 1.165) is 11.3 Å². The van der Waals surface area contributed by atoms with Gasteiger partial charge >= 0.3 is 6.03 Å². The summed E-state index contributed by atoms with van der Waals surface area (Å²) in [6.07, 6.45) is 5.80. The number of rotatable bonds is 5. The van der Waals surface area contributed by atoms with Gasteiger partial charge in [0.15, 0.2) is 0 Å². The highest BCUT2D eigenvalue weighted by molar-refractivity contribution is 5.89. The normalized spacial score (nSPS) is 15.1. The largest absolute Gasteiger partial charge is 0.322 e. The molecule has 2 amide bonds. The molecule has 3 rings (SSSR count). The van der Waals surface area contributed by atoms with Crippen LogP contribution >= 0.6 is 0 Å². The molecule has 0 aliphatic heterocycles. The highest BCUT2D eigenvalue weighted by Crippen LogP contribution is 2.35. The number of carbonyl (C=O) groups excluding carboxylic acids is 1. The van der Waals surface area contributed by atoms with Gasteiger partial charge in [-0.2, -0.15) is 0 Å². The van der Waals surface area contributed by atoms with E-state index >= 15 is 0 Å². The number of pyridine rings is 1. The molecule has 0 spiro atoms. The van der Waals surface area contributed by atoms with Crippen molar-refractivity contribution in [3.63, 3.8) is 0 Å². The van der Waals surface area contributed by atoms with Gasteiger partial charge in [-0.15, -0.1) is 0 Å². The molecule has 1 heterocycles. The van der Waals surface area contributed by atoms with Gasteiger partial charge in [-0.25, -0.2) is 4.79 Å². The lowest BCUT2D eigenvalue weighted by molar-refractivity contribution is 0.181. The standard InChI is InChI=1S/C18H21N3O/c1-14(16-9-10-16)21(13-15-6-3-2-4-7-15)18(22)20-17-8-5-11-19-12-17/h2-8,11-12,14,16H,9-10,13H2,1H3,(H,20,22). The van der Waals surface area contributed by atoms with Crippen LogP contribution < -0.4 is 5.32 Å². The fraction of sp³-hybridized carbons (Fsp3) is 0.333. The van der Waals surface area contributed by atoms with Crippen LogP contribution in [0.15, 0.2) is 54.9 Å². The first-order valence-electron chi connectivity index (χ1n) is 7.75. The number of hydrogen-bond donors (Lipinski definition) is 1. The predicted molar refractivity (Wildman–Crippen MR) is 87.4 cm³/mol. The Balaban J connectivity index is 1.74. The van der Waals surface area contributed by atoms with Crippen molar-refractivity contribution < 1.29 is 4.79 Å². The molecule has 1 aromatic heterocycles. The van der Waals surface area contributed by atoms with E-state index in [0.29, 0.717) is 12.5 Å². The summed E-state index contributed by atoms with van der Waals surface area (Å²) < 4.78 is 0. The minimum absolute atomic E-state index is 0.0590. The third-order valence-electron chi connectivity index (χ3n) is 4.17. The monoisotopic (exact) mass is 295 g/mol.